The summed E-state index contributed by atoms with van der Waals surface area (Å²) >= 11 is 3.49. The van der Waals surface area contributed by atoms with Crippen molar-refractivity contribution in [3.8, 4) is 5.75 Å². The topological polar surface area (TPSA) is 92.2 Å². The number of carbonyl (C=O) groups excluding carboxylic acids is 1. The number of ether oxygens (including phenoxy) is 2. The van der Waals surface area contributed by atoms with Gasteiger partial charge in [-0.15, -0.1) is 0 Å². The number of hydrazine groups is 1. The molecule has 0 spiro atoms. The third-order valence-corrected chi connectivity index (χ3v) is 7.43. The Balaban J connectivity index is 1.49. The molecule has 0 saturated carbocycles. The van der Waals surface area contributed by atoms with Crippen LogP contribution < -0.4 is 15.6 Å². The second kappa shape index (κ2) is 13.7. The summed E-state index contributed by atoms with van der Waals surface area (Å²) in [6.07, 6.45) is 0.0741. The van der Waals surface area contributed by atoms with E-state index in [9.17, 15) is 9.18 Å². The summed E-state index contributed by atoms with van der Waals surface area (Å²) in [5.74, 6) is 0.267. The molecule has 3 N–H and O–H groups in total. The van der Waals surface area contributed by atoms with E-state index in [1.54, 1.807) is 12.1 Å². The van der Waals surface area contributed by atoms with Gasteiger partial charge in [-0.1, -0.05) is 70.5 Å². The molecule has 7 nitrogen and oxygen atoms in total. The fourth-order valence-electron chi connectivity index (χ4n) is 4.81. The standard InChI is InChI=1S/C33H31BrFN3O4/c34-27-14-10-23(11-15-27)21-33(32(40)38-36-22-24-6-4-9-28(35)20-24)30(25-7-2-1-3-8-25)42-31(37-33)26-12-16-29(17-13-26)41-19-5-18-39/h1-4,6-17,20,30,36,39H,5,18-19,21-22H2,(H,38,40)/t30-,33-/m0/s1. The number of aliphatic imine (C=N–C) groups is 1. The molecule has 1 heterocycles. The van der Waals surface area contributed by atoms with Crippen LogP contribution in [0.1, 0.15) is 34.8 Å². The monoisotopic (exact) mass is 631 g/mol. The molecule has 2 atom stereocenters. The highest BCUT2D eigenvalue weighted by atomic mass is 79.9. The van der Waals surface area contributed by atoms with Gasteiger partial charge in [-0.3, -0.25) is 10.2 Å². The van der Waals surface area contributed by atoms with Crippen molar-refractivity contribution in [2.75, 3.05) is 13.2 Å². The van der Waals surface area contributed by atoms with Crippen LogP contribution in [-0.4, -0.2) is 35.7 Å². The van der Waals surface area contributed by atoms with Crippen molar-refractivity contribution in [1.82, 2.24) is 10.9 Å². The van der Waals surface area contributed by atoms with E-state index in [0.29, 0.717) is 35.8 Å². The second-order valence-electron chi connectivity index (χ2n) is 9.94. The van der Waals surface area contributed by atoms with Gasteiger partial charge < -0.3 is 14.6 Å². The van der Waals surface area contributed by atoms with Crippen molar-refractivity contribution in [3.05, 3.63) is 136 Å². The summed E-state index contributed by atoms with van der Waals surface area (Å²) < 4.78 is 26.8. The van der Waals surface area contributed by atoms with Crippen LogP contribution in [0.2, 0.25) is 0 Å². The lowest BCUT2D eigenvalue weighted by atomic mass is 9.82. The normalized spacial score (nSPS) is 17.8. The Bertz CT molecular complexity index is 1520. The molecule has 5 rings (SSSR count). The summed E-state index contributed by atoms with van der Waals surface area (Å²) in [4.78, 5) is 19.2. The van der Waals surface area contributed by atoms with Gasteiger partial charge in [0.25, 0.3) is 5.91 Å². The number of hydrogen-bond acceptors (Lipinski definition) is 6. The highest BCUT2D eigenvalue weighted by Crippen LogP contribution is 2.42. The van der Waals surface area contributed by atoms with Crippen LogP contribution in [0, 0.1) is 5.82 Å². The molecule has 1 amide bonds. The number of nitrogens with zero attached hydrogens (tertiary/aromatic N) is 1. The Morgan fingerprint density at radius 1 is 0.976 bits per heavy atom. The Kier molecular flexibility index (Phi) is 9.63. The van der Waals surface area contributed by atoms with Crippen molar-refractivity contribution >= 4 is 27.7 Å². The van der Waals surface area contributed by atoms with Crippen LogP contribution in [0.3, 0.4) is 0 Å². The molecule has 1 aliphatic heterocycles. The van der Waals surface area contributed by atoms with Gasteiger partial charge in [0.2, 0.25) is 5.90 Å². The smallest absolute Gasteiger partial charge is 0.266 e. The zero-order chi connectivity index (χ0) is 29.4. The van der Waals surface area contributed by atoms with Crippen LogP contribution >= 0.6 is 15.9 Å². The van der Waals surface area contributed by atoms with Crippen LogP contribution in [0.5, 0.6) is 5.75 Å². The maximum Gasteiger partial charge on any atom is 0.266 e. The average Bonchev–Trinajstić information content (AvgIpc) is 3.40. The van der Waals surface area contributed by atoms with Crippen LogP contribution in [0.15, 0.2) is 113 Å². The van der Waals surface area contributed by atoms with E-state index in [4.69, 9.17) is 19.6 Å². The molecule has 42 heavy (non-hydrogen) atoms. The molecule has 9 heteroatoms. The molecular weight excluding hydrogens is 601 g/mol. The molecule has 0 aliphatic carbocycles. The molecule has 4 aromatic rings. The molecule has 0 fully saturated rings. The molecule has 0 bridgehead atoms. The number of nitrogens with one attached hydrogen (secondary N) is 2. The lowest BCUT2D eigenvalue weighted by Crippen LogP contribution is -2.53. The SMILES string of the molecule is O=C(NNCc1cccc(F)c1)[C@@]1(Cc2ccc(Br)cc2)N=C(c2ccc(OCCCO)cc2)O[C@H]1c1ccccc1. The van der Waals surface area contributed by atoms with Gasteiger partial charge in [-0.25, -0.2) is 14.8 Å². The minimum absolute atomic E-state index is 0.0587. The number of halogens is 2. The van der Waals surface area contributed by atoms with Gasteiger partial charge >= 0.3 is 0 Å². The molecule has 0 unspecified atom stereocenters. The van der Waals surface area contributed by atoms with Gasteiger partial charge in [-0.2, -0.15) is 0 Å². The zero-order valence-electron chi connectivity index (χ0n) is 22.8. The number of hydrogen-bond donors (Lipinski definition) is 3. The van der Waals surface area contributed by atoms with E-state index in [2.05, 4.69) is 26.8 Å². The van der Waals surface area contributed by atoms with E-state index >= 15 is 0 Å². The number of carbonyl (C=O) groups is 1. The molecular formula is C33H31BrFN3O4. The summed E-state index contributed by atoms with van der Waals surface area (Å²) in [5, 5.41) is 9.02. The van der Waals surface area contributed by atoms with Crippen LogP contribution in [0.4, 0.5) is 4.39 Å². The first kappa shape index (κ1) is 29.4. The summed E-state index contributed by atoms with van der Waals surface area (Å²) in [5.41, 5.74) is 7.50. The summed E-state index contributed by atoms with van der Waals surface area (Å²) in [6.45, 7) is 0.689. The average molecular weight is 633 g/mol. The Hall–Kier alpha value is -4.05. The number of benzene rings is 4. The van der Waals surface area contributed by atoms with Gasteiger partial charge in [-0.05, 0) is 65.2 Å². The van der Waals surface area contributed by atoms with E-state index < -0.39 is 11.6 Å². The first-order chi connectivity index (χ1) is 20.5. The van der Waals surface area contributed by atoms with E-state index in [-0.39, 0.29) is 31.3 Å². The fourth-order valence-corrected chi connectivity index (χ4v) is 5.07. The predicted molar refractivity (Wildman–Crippen MR) is 162 cm³/mol. The minimum Gasteiger partial charge on any atom is -0.494 e. The second-order valence-corrected chi connectivity index (χ2v) is 10.9. The molecule has 216 valence electrons. The van der Waals surface area contributed by atoms with Crippen molar-refractivity contribution < 1.29 is 23.8 Å². The highest BCUT2D eigenvalue weighted by Gasteiger charge is 2.53. The lowest BCUT2D eigenvalue weighted by Gasteiger charge is -2.31. The van der Waals surface area contributed by atoms with Crippen LogP contribution in [-0.2, 0) is 22.5 Å². The molecule has 1 aliphatic rings. The van der Waals surface area contributed by atoms with Crippen molar-refractivity contribution in [2.24, 2.45) is 4.99 Å². The molecule has 0 aromatic heterocycles. The number of aliphatic hydroxyl groups is 1. The van der Waals surface area contributed by atoms with E-state index in [0.717, 1.165) is 15.6 Å². The van der Waals surface area contributed by atoms with Gasteiger partial charge in [0.1, 0.15) is 11.6 Å². The third-order valence-electron chi connectivity index (χ3n) is 6.90. The Morgan fingerprint density at radius 3 is 2.45 bits per heavy atom. The Labute approximate surface area is 252 Å². The van der Waals surface area contributed by atoms with Gasteiger partial charge in [0.15, 0.2) is 11.6 Å². The predicted octanol–water partition coefficient (Wildman–Crippen LogP) is 5.67. The van der Waals surface area contributed by atoms with Crippen molar-refractivity contribution in [1.29, 1.82) is 0 Å². The Morgan fingerprint density at radius 2 is 1.74 bits per heavy atom. The zero-order valence-corrected chi connectivity index (χ0v) is 24.4. The van der Waals surface area contributed by atoms with Crippen molar-refractivity contribution in [3.63, 3.8) is 0 Å². The quantitative estimate of drug-likeness (QED) is 0.138. The third kappa shape index (κ3) is 7.05. The number of rotatable bonds is 12. The maximum absolute atomic E-state index is 14.2. The maximum atomic E-state index is 14.2. The van der Waals surface area contributed by atoms with E-state index in [1.807, 2.05) is 78.9 Å². The minimum atomic E-state index is -1.37. The summed E-state index contributed by atoms with van der Waals surface area (Å²) in [7, 11) is 0. The van der Waals surface area contributed by atoms with E-state index in [1.165, 1.54) is 12.1 Å². The molecule has 0 saturated heterocycles. The van der Waals surface area contributed by atoms with Gasteiger partial charge in [0.05, 0.1) is 6.61 Å². The van der Waals surface area contributed by atoms with Crippen molar-refractivity contribution in [2.45, 2.75) is 31.0 Å². The van der Waals surface area contributed by atoms with Gasteiger partial charge in [0, 0.05) is 36.0 Å². The highest BCUT2D eigenvalue weighted by molar-refractivity contribution is 9.10. The fraction of sp³-hybridized carbons (Fsp3) is 0.212. The molecule has 0 radical (unpaired) electrons. The number of aliphatic hydroxyl groups excluding tert-OH is 1. The lowest BCUT2D eigenvalue weighted by molar-refractivity contribution is -0.130. The number of amides is 1. The molecule has 4 aromatic carbocycles. The summed E-state index contributed by atoms with van der Waals surface area (Å²) in [6, 6.07) is 30.8. The largest absolute Gasteiger partial charge is 0.494 e. The first-order valence-corrected chi connectivity index (χ1v) is 14.4. The van der Waals surface area contributed by atoms with Crippen LogP contribution in [0.25, 0.3) is 0 Å². The first-order valence-electron chi connectivity index (χ1n) is 13.6.